The van der Waals surface area contributed by atoms with Gasteiger partial charge in [0.25, 0.3) is 0 Å². The molecular weight excluding hydrogens is 1020 g/mol. The Balaban J connectivity index is 0.000000124. The first-order chi connectivity index (χ1) is 36.9. The third-order valence-electron chi connectivity index (χ3n) is 13.4. The number of thioether (sulfide) groups is 1. The third-order valence-corrected chi connectivity index (χ3v) is 17.5. The molecule has 16 heteroatoms. The van der Waals surface area contributed by atoms with Crippen LogP contribution in [0.5, 0.6) is 5.75 Å². The molecule has 0 amide bonds. The highest BCUT2D eigenvalue weighted by atomic mass is 32.2. The molecule has 1 atom stereocenters. The fraction of sp³-hybridized carbons (Fsp3) is 0.183. The molecule has 8 aromatic carbocycles. The molecule has 4 heterocycles. The molecule has 1 unspecified atom stereocenters. The molecule has 0 spiro atoms. The Morgan fingerprint density at radius 3 is 1.67 bits per heavy atom. The molecule has 0 saturated carbocycles. The van der Waals surface area contributed by atoms with Crippen LogP contribution in [-0.2, 0) is 62.5 Å². The monoisotopic (exact) mass is 1080 g/mol. The van der Waals surface area contributed by atoms with Crippen LogP contribution in [0.15, 0.2) is 204 Å². The van der Waals surface area contributed by atoms with Crippen LogP contribution in [0.3, 0.4) is 0 Å². The van der Waals surface area contributed by atoms with Crippen molar-refractivity contribution in [3.63, 3.8) is 0 Å². The van der Waals surface area contributed by atoms with E-state index in [1.165, 1.54) is 58.3 Å². The molecule has 380 valence electrons. The smallest absolute Gasteiger partial charge is 0.489 e. The van der Waals surface area contributed by atoms with Crippen molar-refractivity contribution in [2.75, 3.05) is 6.26 Å². The second-order valence-corrected chi connectivity index (χ2v) is 23.5. The van der Waals surface area contributed by atoms with Gasteiger partial charge in [-0.25, -0.2) is 9.05 Å². The van der Waals surface area contributed by atoms with Gasteiger partial charge in [-0.15, -0.1) is 11.8 Å². The quantitative estimate of drug-likeness (QED) is 0.0812. The van der Waals surface area contributed by atoms with Crippen LogP contribution in [0.1, 0.15) is 38.9 Å². The minimum atomic E-state index is -1.12. The molecule has 76 heavy (non-hydrogen) atoms. The highest BCUT2D eigenvalue weighted by Gasteiger charge is 2.28. The van der Waals surface area contributed by atoms with Gasteiger partial charge in [0.05, 0.1) is 43.8 Å². The fourth-order valence-electron chi connectivity index (χ4n) is 8.91. The predicted octanol–water partition coefficient (Wildman–Crippen LogP) is 12.0. The zero-order valence-corrected chi connectivity index (χ0v) is 46.8. The van der Waals surface area contributed by atoms with Crippen LogP contribution < -0.4 is 26.6 Å². The SMILES string of the molecule is CB1OCc2ccc(S(=O)c3ccc(C)cc3)cc21.CSc1ccc(Sc2ccc3c(c2)B(C)OC3)cc1.Cc1ccc(Sc2ccc3c(c2)B(O)OC3)cc1.[C-]#[N+]c1cccc(COc2ccc3c(c2)COB3C)c1. The molecule has 0 radical (unpaired) electrons. The van der Waals surface area contributed by atoms with E-state index in [4.69, 9.17) is 29.9 Å². The molecule has 0 bridgehead atoms. The zero-order chi connectivity index (χ0) is 53.1. The largest absolute Gasteiger partial charge is 0.491 e. The van der Waals surface area contributed by atoms with Crippen LogP contribution in [-0.4, -0.2) is 43.4 Å². The normalized spacial score (nSPS) is 13.9. The van der Waals surface area contributed by atoms with Gasteiger partial charge >= 0.3 is 27.9 Å². The van der Waals surface area contributed by atoms with Gasteiger partial charge in [-0.1, -0.05) is 128 Å². The Morgan fingerprint density at radius 2 is 1.04 bits per heavy atom. The number of ether oxygens (including phenoxy) is 1. The van der Waals surface area contributed by atoms with Gasteiger partial charge in [0, 0.05) is 34.3 Å². The summed E-state index contributed by atoms with van der Waals surface area (Å²) in [5.41, 5.74) is 13.5. The lowest BCUT2D eigenvalue weighted by atomic mass is 9.64. The van der Waals surface area contributed by atoms with Gasteiger partial charge in [-0.3, -0.25) is 0 Å². The number of fused-ring (bicyclic) bond motifs is 4. The maximum absolute atomic E-state index is 12.5. The summed E-state index contributed by atoms with van der Waals surface area (Å²) in [7, 11) is -1.88. The summed E-state index contributed by atoms with van der Waals surface area (Å²) in [6.07, 6.45) is 2.10. The molecule has 0 fully saturated rings. The van der Waals surface area contributed by atoms with Gasteiger partial charge in [-0.05, 0) is 167 Å². The van der Waals surface area contributed by atoms with Crippen LogP contribution in [0.4, 0.5) is 5.69 Å². The summed E-state index contributed by atoms with van der Waals surface area (Å²) in [5.74, 6) is 0.842. The number of aryl methyl sites for hydroxylation is 2. The molecule has 4 aliphatic heterocycles. The molecule has 8 nitrogen and oxygen atoms in total. The van der Waals surface area contributed by atoms with Crippen molar-refractivity contribution in [1.82, 2.24) is 0 Å². The van der Waals surface area contributed by atoms with Gasteiger partial charge < -0.3 is 28.4 Å². The van der Waals surface area contributed by atoms with Crippen molar-refractivity contribution in [1.29, 1.82) is 0 Å². The minimum absolute atomic E-state index is 0.102. The molecule has 0 aromatic heterocycles. The van der Waals surface area contributed by atoms with Gasteiger partial charge in [0.1, 0.15) is 12.4 Å². The number of nitrogens with zero attached hydrogens (tertiary/aromatic N) is 1. The second-order valence-electron chi connectivity index (χ2n) is 18.8. The zero-order valence-electron chi connectivity index (χ0n) is 43.5. The van der Waals surface area contributed by atoms with Crippen molar-refractivity contribution >= 4 is 101 Å². The van der Waals surface area contributed by atoms with E-state index in [0.717, 1.165) is 49.1 Å². The first-order valence-electron chi connectivity index (χ1n) is 25.2. The van der Waals surface area contributed by atoms with Gasteiger partial charge in [0.15, 0.2) is 5.69 Å². The Morgan fingerprint density at radius 1 is 0.539 bits per heavy atom. The molecule has 0 saturated heterocycles. The second kappa shape index (κ2) is 26.1. The number of benzene rings is 8. The van der Waals surface area contributed by atoms with E-state index in [-0.39, 0.29) is 20.7 Å². The Hall–Kier alpha value is -5.69. The van der Waals surface area contributed by atoms with Crippen molar-refractivity contribution in [2.45, 2.75) is 102 Å². The van der Waals surface area contributed by atoms with E-state index in [0.29, 0.717) is 32.1 Å². The van der Waals surface area contributed by atoms with E-state index in [1.807, 2.05) is 110 Å². The van der Waals surface area contributed by atoms with Crippen molar-refractivity contribution < 1.29 is 32.6 Å². The lowest BCUT2D eigenvalue weighted by Crippen LogP contribution is -2.27. The average molecular weight is 1080 g/mol. The first kappa shape index (κ1) is 55.1. The molecular formula is C60H57B4NO7S4. The molecule has 0 aliphatic carbocycles. The predicted molar refractivity (Wildman–Crippen MR) is 317 cm³/mol. The number of hydrogen-bond donors (Lipinski definition) is 1. The first-order valence-corrected chi connectivity index (χ1v) is 29.2. The summed E-state index contributed by atoms with van der Waals surface area (Å²) >= 11 is 5.28. The van der Waals surface area contributed by atoms with Crippen molar-refractivity contribution in [2.24, 2.45) is 0 Å². The third kappa shape index (κ3) is 14.3. The summed E-state index contributed by atoms with van der Waals surface area (Å²) in [6.45, 7) is 20.9. The summed E-state index contributed by atoms with van der Waals surface area (Å²) in [5, 5.41) is 9.68. The highest BCUT2D eigenvalue weighted by molar-refractivity contribution is 7.99. The topological polar surface area (TPSA) is 87.8 Å². The van der Waals surface area contributed by atoms with E-state index in [9.17, 15) is 9.23 Å². The standard InChI is InChI=1S/C16H14BNO2.C15H15BO2S.C15H15BOS2.C14H13BO2S/c1-17-16-7-6-15(9-13(16)11-20-17)19-10-12-4-3-5-14(8-12)18-2;1-11-3-6-13(7-4-11)19(17)14-8-5-12-10-18-16(2)15(12)9-14;1-16-15-9-14(4-3-11(15)10-17-16)19-13-7-5-12(18-2)6-8-13;1-10-2-5-12(6-3-10)18-13-7-4-11-9-17-15(16)14(11)8-13/h3-9H,10-11H2,1H3;2*3-9H,10H2,1-2H3;2-8,16H,9H2,1H3. The van der Waals surface area contributed by atoms with Crippen molar-refractivity contribution in [3.05, 3.63) is 220 Å². The summed E-state index contributed by atoms with van der Waals surface area (Å²) < 4.78 is 40.3. The Bertz CT molecular complexity index is 3360. The Labute approximate surface area is 464 Å². The molecule has 4 aliphatic rings. The lowest BCUT2D eigenvalue weighted by Gasteiger charge is -2.08. The fourth-order valence-corrected chi connectivity index (χ4v) is 12.1. The highest BCUT2D eigenvalue weighted by Crippen LogP contribution is 2.31. The maximum atomic E-state index is 12.5. The Kier molecular flexibility index (Phi) is 18.9. The van der Waals surface area contributed by atoms with Crippen LogP contribution in [0.2, 0.25) is 20.5 Å². The van der Waals surface area contributed by atoms with Crippen LogP contribution >= 0.6 is 35.3 Å². The number of rotatable bonds is 10. The van der Waals surface area contributed by atoms with Gasteiger partial charge in [-0.2, -0.15) is 0 Å². The van der Waals surface area contributed by atoms with Crippen molar-refractivity contribution in [3.8, 4) is 5.75 Å². The van der Waals surface area contributed by atoms with Crippen LogP contribution in [0, 0.1) is 20.4 Å². The average Bonchev–Trinajstić information content (AvgIpc) is 4.24. The van der Waals surface area contributed by atoms with E-state index < -0.39 is 17.9 Å². The van der Waals surface area contributed by atoms with Crippen LogP contribution in [0.25, 0.3) is 4.85 Å². The van der Waals surface area contributed by atoms with E-state index in [1.54, 1.807) is 29.6 Å². The molecule has 8 aromatic rings. The lowest BCUT2D eigenvalue weighted by molar-refractivity contribution is 0.275. The number of hydrogen-bond acceptors (Lipinski definition) is 10. The summed E-state index contributed by atoms with van der Waals surface area (Å²) in [4.78, 5) is 11.3. The summed E-state index contributed by atoms with van der Waals surface area (Å²) in [6, 6.07) is 57.3. The maximum Gasteiger partial charge on any atom is 0.491 e. The molecule has 12 rings (SSSR count). The van der Waals surface area contributed by atoms with E-state index >= 15 is 0 Å². The molecule has 1 N–H and O–H groups in total. The van der Waals surface area contributed by atoms with Gasteiger partial charge in [0.2, 0.25) is 0 Å². The van der Waals surface area contributed by atoms with E-state index in [2.05, 4.69) is 111 Å². The minimum Gasteiger partial charge on any atom is -0.489 e.